The monoisotopic (exact) mass is 247 g/mol. The van der Waals surface area contributed by atoms with Crippen molar-refractivity contribution in [2.45, 2.75) is 26.3 Å². The first kappa shape index (κ1) is 14.5. The molecule has 0 heterocycles. The first-order valence-electron chi connectivity index (χ1n) is 6.35. The van der Waals surface area contributed by atoms with E-state index in [1.807, 2.05) is 18.2 Å². The number of hydrogen-bond donors (Lipinski definition) is 2. The lowest BCUT2D eigenvalue weighted by atomic mass is 10.1. The molecule has 0 unspecified atom stereocenters. The summed E-state index contributed by atoms with van der Waals surface area (Å²) >= 11 is 0. The van der Waals surface area contributed by atoms with Crippen molar-refractivity contribution in [2.75, 3.05) is 24.6 Å². The molecule has 0 spiro atoms. The van der Waals surface area contributed by atoms with Crippen LogP contribution in [0, 0.1) is 11.3 Å². The molecule has 0 fully saturated rings. The average molecular weight is 247 g/mol. The van der Waals surface area contributed by atoms with Gasteiger partial charge < -0.3 is 15.7 Å². The van der Waals surface area contributed by atoms with Gasteiger partial charge in [-0.3, -0.25) is 0 Å². The van der Waals surface area contributed by atoms with Gasteiger partial charge in [-0.2, -0.15) is 5.26 Å². The third kappa shape index (κ3) is 3.73. The molecule has 0 aromatic heterocycles. The van der Waals surface area contributed by atoms with Crippen molar-refractivity contribution >= 4 is 5.69 Å². The molecule has 4 heteroatoms. The van der Waals surface area contributed by atoms with Crippen molar-refractivity contribution < 1.29 is 5.11 Å². The standard InChI is InChI=1S/C14H21N3O/c1-2-3-6-17(7-8-18)14-5-4-12(10-15)9-13(14)11-16/h4-5,9,18H,2-3,6-8,10,15H2,1H3. The van der Waals surface area contributed by atoms with E-state index in [9.17, 15) is 5.26 Å². The fourth-order valence-electron chi connectivity index (χ4n) is 1.90. The molecule has 4 nitrogen and oxygen atoms in total. The molecule has 0 atom stereocenters. The molecule has 0 aliphatic heterocycles. The summed E-state index contributed by atoms with van der Waals surface area (Å²) in [6, 6.07) is 7.89. The van der Waals surface area contributed by atoms with E-state index in [-0.39, 0.29) is 6.61 Å². The highest BCUT2D eigenvalue weighted by molar-refractivity contribution is 5.60. The lowest BCUT2D eigenvalue weighted by Crippen LogP contribution is -2.28. The summed E-state index contributed by atoms with van der Waals surface area (Å²) in [6.45, 7) is 4.06. The van der Waals surface area contributed by atoms with Gasteiger partial charge in [0.2, 0.25) is 0 Å². The molecule has 0 saturated heterocycles. The van der Waals surface area contributed by atoms with Crippen molar-refractivity contribution in [1.29, 1.82) is 5.26 Å². The molecule has 0 aliphatic carbocycles. The van der Waals surface area contributed by atoms with Gasteiger partial charge in [-0.25, -0.2) is 0 Å². The van der Waals surface area contributed by atoms with E-state index >= 15 is 0 Å². The molecule has 1 rings (SSSR count). The van der Waals surface area contributed by atoms with E-state index < -0.39 is 0 Å². The van der Waals surface area contributed by atoms with Crippen molar-refractivity contribution in [3.05, 3.63) is 29.3 Å². The number of nitrogens with zero attached hydrogens (tertiary/aromatic N) is 2. The second kappa shape index (κ2) is 7.70. The Bertz CT molecular complexity index is 412. The maximum Gasteiger partial charge on any atom is 0.101 e. The zero-order valence-corrected chi connectivity index (χ0v) is 10.9. The van der Waals surface area contributed by atoms with Crippen LogP contribution >= 0.6 is 0 Å². The number of aliphatic hydroxyl groups is 1. The Balaban J connectivity index is 2.99. The molecule has 0 bridgehead atoms. The zero-order chi connectivity index (χ0) is 13.4. The largest absolute Gasteiger partial charge is 0.395 e. The Morgan fingerprint density at radius 3 is 2.72 bits per heavy atom. The molecular formula is C14H21N3O. The number of nitriles is 1. The van der Waals surface area contributed by atoms with Crippen LogP contribution in [0.25, 0.3) is 0 Å². The van der Waals surface area contributed by atoms with Crippen molar-refractivity contribution in [3.63, 3.8) is 0 Å². The quantitative estimate of drug-likeness (QED) is 0.768. The van der Waals surface area contributed by atoms with Crippen LogP contribution in [-0.4, -0.2) is 24.8 Å². The fraction of sp³-hybridized carbons (Fsp3) is 0.500. The van der Waals surface area contributed by atoms with E-state index in [4.69, 9.17) is 10.8 Å². The van der Waals surface area contributed by atoms with Gasteiger partial charge in [0.05, 0.1) is 17.9 Å². The highest BCUT2D eigenvalue weighted by Gasteiger charge is 2.11. The second-order valence-corrected chi connectivity index (χ2v) is 4.23. The highest BCUT2D eigenvalue weighted by Crippen LogP contribution is 2.21. The normalized spacial score (nSPS) is 10.1. The van der Waals surface area contributed by atoms with Gasteiger partial charge in [0.25, 0.3) is 0 Å². The third-order valence-corrected chi connectivity index (χ3v) is 2.91. The summed E-state index contributed by atoms with van der Waals surface area (Å²) in [5.41, 5.74) is 8.04. The lowest BCUT2D eigenvalue weighted by Gasteiger charge is -2.25. The number of benzene rings is 1. The van der Waals surface area contributed by atoms with Gasteiger partial charge >= 0.3 is 0 Å². The summed E-state index contributed by atoms with van der Waals surface area (Å²) in [5, 5.41) is 18.3. The number of aliphatic hydroxyl groups excluding tert-OH is 1. The Hall–Kier alpha value is -1.57. The van der Waals surface area contributed by atoms with Gasteiger partial charge in [-0.15, -0.1) is 0 Å². The molecule has 0 amide bonds. The summed E-state index contributed by atoms with van der Waals surface area (Å²) in [7, 11) is 0. The van der Waals surface area contributed by atoms with Gasteiger partial charge in [-0.1, -0.05) is 19.4 Å². The van der Waals surface area contributed by atoms with E-state index in [1.165, 1.54) is 0 Å². The maximum atomic E-state index is 9.20. The number of nitrogens with two attached hydrogens (primary N) is 1. The Morgan fingerprint density at radius 2 is 2.17 bits per heavy atom. The van der Waals surface area contributed by atoms with Gasteiger partial charge in [-0.05, 0) is 24.1 Å². The minimum absolute atomic E-state index is 0.0905. The first-order chi connectivity index (χ1) is 8.76. The molecule has 98 valence electrons. The van der Waals surface area contributed by atoms with Crippen molar-refractivity contribution in [1.82, 2.24) is 0 Å². The number of unbranched alkanes of at least 4 members (excludes halogenated alkanes) is 1. The molecule has 1 aromatic rings. The minimum Gasteiger partial charge on any atom is -0.395 e. The summed E-state index contributed by atoms with van der Waals surface area (Å²) < 4.78 is 0. The molecular weight excluding hydrogens is 226 g/mol. The first-order valence-corrected chi connectivity index (χ1v) is 6.35. The SMILES string of the molecule is CCCCN(CCO)c1ccc(CN)cc1C#N. The van der Waals surface area contributed by atoms with Gasteiger partial charge in [0, 0.05) is 19.6 Å². The second-order valence-electron chi connectivity index (χ2n) is 4.23. The molecule has 1 aromatic carbocycles. The Labute approximate surface area is 109 Å². The summed E-state index contributed by atoms with van der Waals surface area (Å²) in [6.07, 6.45) is 2.13. The summed E-state index contributed by atoms with van der Waals surface area (Å²) in [5.74, 6) is 0. The number of hydrogen-bond acceptors (Lipinski definition) is 4. The van der Waals surface area contributed by atoms with Crippen LogP contribution in [0.5, 0.6) is 0 Å². The van der Waals surface area contributed by atoms with Crippen molar-refractivity contribution in [2.24, 2.45) is 5.73 Å². The highest BCUT2D eigenvalue weighted by atomic mass is 16.3. The van der Waals surface area contributed by atoms with Gasteiger partial charge in [0.15, 0.2) is 0 Å². The molecule has 0 saturated carbocycles. The van der Waals surface area contributed by atoms with Crippen LogP contribution in [0.15, 0.2) is 18.2 Å². The van der Waals surface area contributed by atoms with Crippen molar-refractivity contribution in [3.8, 4) is 6.07 Å². The van der Waals surface area contributed by atoms with Crippen LogP contribution in [-0.2, 0) is 6.54 Å². The predicted octanol–water partition coefficient (Wildman–Crippen LogP) is 1.62. The van der Waals surface area contributed by atoms with Crippen LogP contribution in [0.3, 0.4) is 0 Å². The maximum absolute atomic E-state index is 9.20. The van der Waals surface area contributed by atoms with Crippen LogP contribution in [0.1, 0.15) is 30.9 Å². The summed E-state index contributed by atoms with van der Waals surface area (Å²) in [4.78, 5) is 2.06. The molecule has 0 radical (unpaired) electrons. The molecule has 18 heavy (non-hydrogen) atoms. The predicted molar refractivity (Wildman–Crippen MR) is 73.3 cm³/mol. The van der Waals surface area contributed by atoms with Crippen LogP contribution in [0.2, 0.25) is 0 Å². The van der Waals surface area contributed by atoms with Crippen LogP contribution < -0.4 is 10.6 Å². The Kier molecular flexibility index (Phi) is 6.20. The molecule has 0 aliphatic rings. The number of rotatable bonds is 7. The zero-order valence-electron chi connectivity index (χ0n) is 10.9. The average Bonchev–Trinajstić information content (AvgIpc) is 2.42. The van der Waals surface area contributed by atoms with Gasteiger partial charge in [0.1, 0.15) is 6.07 Å². The lowest BCUT2D eigenvalue weighted by molar-refractivity contribution is 0.301. The topological polar surface area (TPSA) is 73.3 Å². The van der Waals surface area contributed by atoms with Crippen LogP contribution in [0.4, 0.5) is 5.69 Å². The van der Waals surface area contributed by atoms with E-state index in [0.717, 1.165) is 30.6 Å². The third-order valence-electron chi connectivity index (χ3n) is 2.91. The Morgan fingerprint density at radius 1 is 1.39 bits per heavy atom. The van der Waals surface area contributed by atoms with E-state index in [1.54, 1.807) is 0 Å². The van der Waals surface area contributed by atoms with E-state index in [0.29, 0.717) is 18.7 Å². The molecule has 3 N–H and O–H groups in total. The smallest absolute Gasteiger partial charge is 0.101 e. The van der Waals surface area contributed by atoms with E-state index in [2.05, 4.69) is 17.9 Å². The number of anilines is 1. The fourth-order valence-corrected chi connectivity index (χ4v) is 1.90. The minimum atomic E-state index is 0.0905.